The van der Waals surface area contributed by atoms with E-state index in [1.165, 1.54) is 24.2 Å². The fourth-order valence-electron chi connectivity index (χ4n) is 4.38. The van der Waals surface area contributed by atoms with Crippen LogP contribution in [0.4, 0.5) is 17.1 Å². The van der Waals surface area contributed by atoms with Crippen LogP contribution in [0, 0.1) is 0 Å². The monoisotopic (exact) mass is 423 g/mol. The zero-order chi connectivity index (χ0) is 21.9. The molecule has 160 valence electrons. The van der Waals surface area contributed by atoms with Crippen molar-refractivity contribution >= 4 is 34.4 Å². The average Bonchev–Trinajstić information content (AvgIpc) is 3.10. The Labute approximate surface area is 188 Å². The quantitative estimate of drug-likeness (QED) is 0.582. The van der Waals surface area contributed by atoms with Crippen molar-refractivity contribution in [2.45, 2.75) is 19.3 Å². The molecule has 0 atom stereocenters. The minimum atomic E-state index is -0.344. The summed E-state index contributed by atoms with van der Waals surface area (Å²) in [5.74, 6) is -0.659. The van der Waals surface area contributed by atoms with Crippen molar-refractivity contribution in [2.24, 2.45) is 0 Å². The van der Waals surface area contributed by atoms with Gasteiger partial charge in [-0.15, -0.1) is 0 Å². The van der Waals surface area contributed by atoms with E-state index in [1.807, 2.05) is 84.9 Å². The Balaban J connectivity index is 1.49. The highest BCUT2D eigenvalue weighted by molar-refractivity contribution is 6.46. The highest BCUT2D eigenvalue weighted by Gasteiger charge is 2.40. The van der Waals surface area contributed by atoms with Crippen LogP contribution in [0.3, 0.4) is 0 Å². The van der Waals surface area contributed by atoms with Gasteiger partial charge >= 0.3 is 0 Å². The highest BCUT2D eigenvalue weighted by atomic mass is 16.2. The van der Waals surface area contributed by atoms with E-state index in [-0.39, 0.29) is 11.8 Å². The minimum absolute atomic E-state index is 0.299. The molecule has 0 aromatic heterocycles. The van der Waals surface area contributed by atoms with E-state index in [0.717, 1.165) is 30.0 Å². The first-order chi connectivity index (χ1) is 15.7. The first kappa shape index (κ1) is 20.1. The summed E-state index contributed by atoms with van der Waals surface area (Å²) in [6.45, 7) is 2.09. The number of nitrogens with zero attached hydrogens (tertiary/aromatic N) is 2. The third-order valence-electron chi connectivity index (χ3n) is 6.02. The minimum Gasteiger partial charge on any atom is -0.372 e. The lowest BCUT2D eigenvalue weighted by Crippen LogP contribution is -2.32. The molecule has 0 spiro atoms. The summed E-state index contributed by atoms with van der Waals surface area (Å²) in [6.07, 6.45) is 3.67. The molecule has 0 radical (unpaired) electrons. The summed E-state index contributed by atoms with van der Waals surface area (Å²) in [4.78, 5) is 30.6. The standard InChI is InChI=1S/C27H25N3O2/c31-26-24(20-10-4-1-5-11-20)25(28-21-12-6-2-7-13-21)27(32)30(26)23-16-14-22(15-17-23)29-18-8-3-9-19-29/h1-2,4-7,10-17,28H,3,8-9,18-19H2. The van der Waals surface area contributed by atoms with Gasteiger partial charge in [0.1, 0.15) is 5.70 Å². The number of para-hydroxylation sites is 1. The van der Waals surface area contributed by atoms with Crippen LogP contribution in [0.2, 0.25) is 0 Å². The number of hydrogen-bond acceptors (Lipinski definition) is 4. The Kier molecular flexibility index (Phi) is 5.46. The molecule has 0 aliphatic carbocycles. The summed E-state index contributed by atoms with van der Waals surface area (Å²) in [5, 5.41) is 3.19. The van der Waals surface area contributed by atoms with Crippen LogP contribution < -0.4 is 15.1 Å². The molecular weight excluding hydrogens is 398 g/mol. The van der Waals surface area contributed by atoms with Gasteiger partial charge in [0.15, 0.2) is 0 Å². The maximum atomic E-state index is 13.5. The van der Waals surface area contributed by atoms with Gasteiger partial charge in [0, 0.05) is 24.5 Å². The fraction of sp³-hybridized carbons (Fsp3) is 0.185. The Morgan fingerprint density at radius 3 is 1.88 bits per heavy atom. The molecule has 2 amide bonds. The molecule has 1 fully saturated rings. The molecule has 3 aromatic carbocycles. The molecule has 0 unspecified atom stereocenters. The highest BCUT2D eigenvalue weighted by Crippen LogP contribution is 2.34. The molecule has 0 saturated carbocycles. The van der Waals surface area contributed by atoms with Gasteiger partial charge in [-0.05, 0) is 61.2 Å². The second-order valence-electron chi connectivity index (χ2n) is 8.12. The number of nitrogens with one attached hydrogen (secondary N) is 1. The smallest absolute Gasteiger partial charge is 0.282 e. The summed E-state index contributed by atoms with van der Waals surface area (Å²) < 4.78 is 0. The molecule has 2 aliphatic heterocycles. The predicted molar refractivity (Wildman–Crippen MR) is 128 cm³/mol. The molecule has 3 aromatic rings. The van der Waals surface area contributed by atoms with Crippen molar-refractivity contribution in [3.63, 3.8) is 0 Å². The van der Waals surface area contributed by atoms with Crippen LogP contribution in [0.15, 0.2) is 90.6 Å². The van der Waals surface area contributed by atoms with Crippen molar-refractivity contribution in [3.05, 3.63) is 96.2 Å². The van der Waals surface area contributed by atoms with Crippen molar-refractivity contribution < 1.29 is 9.59 Å². The first-order valence-corrected chi connectivity index (χ1v) is 11.1. The van der Waals surface area contributed by atoms with E-state index in [0.29, 0.717) is 17.0 Å². The van der Waals surface area contributed by atoms with Crippen LogP contribution >= 0.6 is 0 Å². The Hall–Kier alpha value is -3.86. The van der Waals surface area contributed by atoms with E-state index in [4.69, 9.17) is 0 Å². The first-order valence-electron chi connectivity index (χ1n) is 11.1. The van der Waals surface area contributed by atoms with Gasteiger partial charge in [0.05, 0.1) is 11.3 Å². The molecule has 5 nitrogen and oxygen atoms in total. The van der Waals surface area contributed by atoms with Crippen LogP contribution in [-0.2, 0) is 9.59 Å². The second kappa shape index (κ2) is 8.71. The van der Waals surface area contributed by atoms with Crippen LogP contribution in [0.25, 0.3) is 5.57 Å². The van der Waals surface area contributed by atoms with Gasteiger partial charge < -0.3 is 10.2 Å². The van der Waals surface area contributed by atoms with Gasteiger partial charge in [-0.2, -0.15) is 0 Å². The van der Waals surface area contributed by atoms with Gasteiger partial charge in [0.2, 0.25) is 0 Å². The van der Waals surface area contributed by atoms with Crippen LogP contribution in [-0.4, -0.2) is 24.9 Å². The number of anilines is 3. The van der Waals surface area contributed by atoms with Crippen LogP contribution in [0.1, 0.15) is 24.8 Å². The molecule has 1 N–H and O–H groups in total. The van der Waals surface area contributed by atoms with Gasteiger partial charge in [0.25, 0.3) is 11.8 Å². The van der Waals surface area contributed by atoms with E-state index < -0.39 is 0 Å². The topological polar surface area (TPSA) is 52.7 Å². The van der Waals surface area contributed by atoms with Crippen molar-refractivity contribution in [1.82, 2.24) is 0 Å². The molecule has 1 saturated heterocycles. The molecule has 0 bridgehead atoms. The number of carbonyl (C=O) groups excluding carboxylic acids is 2. The number of hydrogen-bond donors (Lipinski definition) is 1. The van der Waals surface area contributed by atoms with E-state index in [1.54, 1.807) is 0 Å². The van der Waals surface area contributed by atoms with Crippen molar-refractivity contribution in [3.8, 4) is 0 Å². The SMILES string of the molecule is O=C1C(Nc2ccccc2)=C(c2ccccc2)C(=O)N1c1ccc(N2CCCCC2)cc1. The summed E-state index contributed by atoms with van der Waals surface area (Å²) in [5.41, 5.74) is 3.88. The third kappa shape index (κ3) is 3.78. The largest absolute Gasteiger partial charge is 0.372 e. The molecule has 32 heavy (non-hydrogen) atoms. The maximum Gasteiger partial charge on any atom is 0.282 e. The number of amides is 2. The number of benzene rings is 3. The van der Waals surface area contributed by atoms with Gasteiger partial charge in [-0.1, -0.05) is 48.5 Å². The lowest BCUT2D eigenvalue weighted by atomic mass is 10.0. The zero-order valence-corrected chi connectivity index (χ0v) is 17.8. The number of piperidine rings is 1. The number of rotatable bonds is 5. The zero-order valence-electron chi connectivity index (χ0n) is 17.8. The van der Waals surface area contributed by atoms with E-state index >= 15 is 0 Å². The van der Waals surface area contributed by atoms with Gasteiger partial charge in [-0.25, -0.2) is 4.90 Å². The summed E-state index contributed by atoms with van der Waals surface area (Å²) in [7, 11) is 0. The van der Waals surface area contributed by atoms with E-state index in [9.17, 15) is 9.59 Å². The summed E-state index contributed by atoms with van der Waals surface area (Å²) >= 11 is 0. The molecule has 2 aliphatic rings. The van der Waals surface area contributed by atoms with Crippen molar-refractivity contribution in [1.29, 1.82) is 0 Å². The second-order valence-corrected chi connectivity index (χ2v) is 8.12. The Bertz CT molecular complexity index is 1150. The average molecular weight is 424 g/mol. The normalized spacial score (nSPS) is 16.6. The predicted octanol–water partition coefficient (Wildman–Crippen LogP) is 5.07. The van der Waals surface area contributed by atoms with Crippen LogP contribution in [0.5, 0.6) is 0 Å². The molecule has 2 heterocycles. The number of imide groups is 1. The van der Waals surface area contributed by atoms with E-state index in [2.05, 4.69) is 10.2 Å². The maximum absolute atomic E-state index is 13.5. The lowest BCUT2D eigenvalue weighted by molar-refractivity contribution is -0.120. The third-order valence-corrected chi connectivity index (χ3v) is 6.02. The molecular formula is C27H25N3O2. The molecule has 5 rings (SSSR count). The van der Waals surface area contributed by atoms with Gasteiger partial charge in [-0.3, -0.25) is 9.59 Å². The molecule has 5 heteroatoms. The number of carbonyl (C=O) groups is 2. The Morgan fingerprint density at radius 1 is 0.625 bits per heavy atom. The van der Waals surface area contributed by atoms with Crippen molar-refractivity contribution in [2.75, 3.05) is 28.2 Å². The lowest BCUT2D eigenvalue weighted by Gasteiger charge is -2.29. The fourth-order valence-corrected chi connectivity index (χ4v) is 4.38. The Morgan fingerprint density at radius 2 is 1.22 bits per heavy atom. The summed E-state index contributed by atoms with van der Waals surface area (Å²) in [6, 6.07) is 26.6.